The van der Waals surface area contributed by atoms with Crippen LogP contribution >= 0.6 is 0 Å². The number of hydrogen-bond acceptors (Lipinski definition) is 2. The first-order valence-corrected chi connectivity index (χ1v) is 5.78. The SMILES string of the molecule is CC(O)CN1CCCCc2ccccc21. The van der Waals surface area contributed by atoms with Crippen LogP contribution in [0.2, 0.25) is 0 Å². The summed E-state index contributed by atoms with van der Waals surface area (Å²) < 4.78 is 0. The van der Waals surface area contributed by atoms with Crippen molar-refractivity contribution >= 4 is 5.69 Å². The summed E-state index contributed by atoms with van der Waals surface area (Å²) in [6.07, 6.45) is 3.40. The second-order valence-corrected chi connectivity index (χ2v) is 4.38. The minimum absolute atomic E-state index is 0.254. The largest absolute Gasteiger partial charge is 0.392 e. The van der Waals surface area contributed by atoms with Gasteiger partial charge in [-0.05, 0) is 37.8 Å². The first kappa shape index (κ1) is 10.5. The highest BCUT2D eigenvalue weighted by Crippen LogP contribution is 2.25. The number of anilines is 1. The normalized spacial score (nSPS) is 18.1. The maximum atomic E-state index is 9.48. The van der Waals surface area contributed by atoms with Crippen molar-refractivity contribution in [2.75, 3.05) is 18.0 Å². The van der Waals surface area contributed by atoms with Crippen LogP contribution < -0.4 is 4.90 Å². The lowest BCUT2D eigenvalue weighted by Gasteiger charge is -2.26. The minimum Gasteiger partial charge on any atom is -0.392 e. The number of nitrogens with zero attached hydrogens (tertiary/aromatic N) is 1. The van der Waals surface area contributed by atoms with Gasteiger partial charge < -0.3 is 10.0 Å². The zero-order valence-electron chi connectivity index (χ0n) is 9.32. The zero-order chi connectivity index (χ0) is 10.7. The van der Waals surface area contributed by atoms with E-state index in [0.29, 0.717) is 0 Å². The fourth-order valence-electron chi connectivity index (χ4n) is 2.28. The van der Waals surface area contributed by atoms with Gasteiger partial charge in [0.15, 0.2) is 0 Å². The maximum Gasteiger partial charge on any atom is 0.0687 e. The Labute approximate surface area is 91.5 Å². The molecule has 1 aromatic carbocycles. The fourth-order valence-corrected chi connectivity index (χ4v) is 2.28. The van der Waals surface area contributed by atoms with Gasteiger partial charge in [-0.15, -0.1) is 0 Å². The van der Waals surface area contributed by atoms with Crippen LogP contribution in [0.5, 0.6) is 0 Å². The molecule has 0 radical (unpaired) electrons. The molecule has 1 aliphatic heterocycles. The first-order valence-electron chi connectivity index (χ1n) is 5.78. The smallest absolute Gasteiger partial charge is 0.0687 e. The summed E-state index contributed by atoms with van der Waals surface area (Å²) in [6.45, 7) is 3.67. The molecule has 2 heteroatoms. The fraction of sp³-hybridized carbons (Fsp3) is 0.538. The van der Waals surface area contributed by atoms with Crippen molar-refractivity contribution in [3.63, 3.8) is 0 Å². The Kier molecular flexibility index (Phi) is 3.27. The standard InChI is InChI=1S/C13H19NO/c1-11(15)10-14-9-5-4-7-12-6-2-3-8-13(12)14/h2-3,6,8,11,15H,4-5,7,9-10H2,1H3. The summed E-state index contributed by atoms with van der Waals surface area (Å²) in [5.41, 5.74) is 2.74. The summed E-state index contributed by atoms with van der Waals surface area (Å²) in [6, 6.07) is 8.56. The Morgan fingerprint density at radius 2 is 2.13 bits per heavy atom. The van der Waals surface area contributed by atoms with Gasteiger partial charge in [0.2, 0.25) is 0 Å². The number of hydrogen-bond donors (Lipinski definition) is 1. The third kappa shape index (κ3) is 2.51. The Hall–Kier alpha value is -1.02. The molecule has 0 amide bonds. The van der Waals surface area contributed by atoms with E-state index in [9.17, 15) is 5.11 Å². The Morgan fingerprint density at radius 1 is 1.33 bits per heavy atom. The number of fused-ring (bicyclic) bond motifs is 1. The van der Waals surface area contributed by atoms with Gasteiger partial charge in [0.05, 0.1) is 6.10 Å². The summed E-state index contributed by atoms with van der Waals surface area (Å²) in [5.74, 6) is 0. The summed E-state index contributed by atoms with van der Waals surface area (Å²) in [4.78, 5) is 2.31. The van der Waals surface area contributed by atoms with Crippen LogP contribution in [-0.4, -0.2) is 24.3 Å². The third-order valence-electron chi connectivity index (χ3n) is 2.94. The van der Waals surface area contributed by atoms with Gasteiger partial charge in [0.1, 0.15) is 0 Å². The van der Waals surface area contributed by atoms with E-state index in [-0.39, 0.29) is 6.10 Å². The van der Waals surface area contributed by atoms with Gasteiger partial charge in [0, 0.05) is 18.8 Å². The van der Waals surface area contributed by atoms with Crippen molar-refractivity contribution in [1.82, 2.24) is 0 Å². The lowest BCUT2D eigenvalue weighted by molar-refractivity contribution is 0.200. The molecule has 1 aliphatic rings. The molecule has 1 heterocycles. The van der Waals surface area contributed by atoms with Crippen molar-refractivity contribution < 1.29 is 5.11 Å². The van der Waals surface area contributed by atoms with Crippen LogP contribution in [0, 0.1) is 0 Å². The molecule has 1 N–H and O–H groups in total. The monoisotopic (exact) mass is 205 g/mol. The van der Waals surface area contributed by atoms with Crippen LogP contribution in [0.1, 0.15) is 25.3 Å². The van der Waals surface area contributed by atoms with Crippen LogP contribution in [0.4, 0.5) is 5.69 Å². The number of β-amino-alcohol motifs (C(OH)–C–C–N with tert-alkyl or cyclic N) is 1. The average molecular weight is 205 g/mol. The molecule has 82 valence electrons. The van der Waals surface area contributed by atoms with Crippen LogP contribution in [0.3, 0.4) is 0 Å². The number of rotatable bonds is 2. The van der Waals surface area contributed by atoms with Crippen LogP contribution in [0.25, 0.3) is 0 Å². The van der Waals surface area contributed by atoms with E-state index >= 15 is 0 Å². The molecule has 1 atom stereocenters. The molecular weight excluding hydrogens is 186 g/mol. The molecule has 2 nitrogen and oxygen atoms in total. The maximum absolute atomic E-state index is 9.48. The number of benzene rings is 1. The molecule has 0 bridgehead atoms. The van der Waals surface area contributed by atoms with Gasteiger partial charge >= 0.3 is 0 Å². The molecule has 1 unspecified atom stereocenters. The predicted molar refractivity (Wildman–Crippen MR) is 63.3 cm³/mol. The number of para-hydroxylation sites is 1. The summed E-state index contributed by atoms with van der Waals surface area (Å²) >= 11 is 0. The van der Waals surface area contributed by atoms with E-state index in [1.54, 1.807) is 0 Å². The van der Waals surface area contributed by atoms with Gasteiger partial charge in [-0.1, -0.05) is 18.2 Å². The van der Waals surface area contributed by atoms with Crippen molar-refractivity contribution in [2.45, 2.75) is 32.3 Å². The molecule has 0 saturated carbocycles. The highest BCUT2D eigenvalue weighted by Gasteiger charge is 2.15. The second kappa shape index (κ2) is 4.67. The summed E-state index contributed by atoms with van der Waals surface area (Å²) in [5, 5.41) is 9.48. The van der Waals surface area contributed by atoms with E-state index in [4.69, 9.17) is 0 Å². The topological polar surface area (TPSA) is 23.5 Å². The van der Waals surface area contributed by atoms with Gasteiger partial charge in [0.25, 0.3) is 0 Å². The third-order valence-corrected chi connectivity index (χ3v) is 2.94. The molecule has 0 fully saturated rings. The van der Waals surface area contributed by atoms with E-state index in [1.165, 1.54) is 30.5 Å². The van der Waals surface area contributed by atoms with E-state index in [2.05, 4.69) is 29.2 Å². The number of aliphatic hydroxyl groups excluding tert-OH is 1. The van der Waals surface area contributed by atoms with Crippen molar-refractivity contribution in [3.05, 3.63) is 29.8 Å². The lowest BCUT2D eigenvalue weighted by atomic mass is 10.1. The van der Waals surface area contributed by atoms with E-state index in [0.717, 1.165) is 13.1 Å². The molecular formula is C13H19NO. The van der Waals surface area contributed by atoms with Gasteiger partial charge in [-0.25, -0.2) is 0 Å². The number of aliphatic hydroxyl groups is 1. The molecule has 15 heavy (non-hydrogen) atoms. The highest BCUT2D eigenvalue weighted by molar-refractivity contribution is 5.54. The van der Waals surface area contributed by atoms with Crippen molar-refractivity contribution in [1.29, 1.82) is 0 Å². The Bertz CT molecular complexity index is 322. The molecule has 0 spiro atoms. The average Bonchev–Trinajstić information content (AvgIpc) is 2.41. The highest BCUT2D eigenvalue weighted by atomic mass is 16.3. The zero-order valence-corrected chi connectivity index (χ0v) is 9.32. The molecule has 0 saturated heterocycles. The Balaban J connectivity index is 2.24. The molecule has 0 aliphatic carbocycles. The van der Waals surface area contributed by atoms with Crippen molar-refractivity contribution in [3.8, 4) is 0 Å². The quantitative estimate of drug-likeness (QED) is 0.800. The number of aryl methyl sites for hydroxylation is 1. The lowest BCUT2D eigenvalue weighted by Crippen LogP contribution is -2.31. The Morgan fingerprint density at radius 3 is 2.93 bits per heavy atom. The minimum atomic E-state index is -0.254. The van der Waals surface area contributed by atoms with Crippen molar-refractivity contribution in [2.24, 2.45) is 0 Å². The van der Waals surface area contributed by atoms with Crippen LogP contribution in [0.15, 0.2) is 24.3 Å². The van der Waals surface area contributed by atoms with Gasteiger partial charge in [-0.3, -0.25) is 0 Å². The molecule has 1 aromatic rings. The second-order valence-electron chi connectivity index (χ2n) is 4.38. The van der Waals surface area contributed by atoms with Gasteiger partial charge in [-0.2, -0.15) is 0 Å². The molecule has 0 aromatic heterocycles. The molecule has 2 rings (SSSR count). The van der Waals surface area contributed by atoms with Crippen LogP contribution in [-0.2, 0) is 6.42 Å². The first-order chi connectivity index (χ1) is 7.27. The summed E-state index contributed by atoms with van der Waals surface area (Å²) in [7, 11) is 0. The predicted octanol–water partition coefficient (Wildman–Crippen LogP) is 2.21. The van der Waals surface area contributed by atoms with E-state index < -0.39 is 0 Å². The van der Waals surface area contributed by atoms with E-state index in [1.807, 2.05) is 6.92 Å².